The normalized spacial score (nSPS) is 11.7. The summed E-state index contributed by atoms with van der Waals surface area (Å²) in [5.74, 6) is 1.02. The van der Waals surface area contributed by atoms with E-state index in [1.807, 2.05) is 66.1 Å². The molecule has 1 N–H and O–H groups in total. The van der Waals surface area contributed by atoms with E-state index in [0.29, 0.717) is 16.7 Å². The van der Waals surface area contributed by atoms with Crippen LogP contribution in [0.3, 0.4) is 0 Å². The summed E-state index contributed by atoms with van der Waals surface area (Å²) in [5, 5.41) is 12.2. The molecule has 0 bridgehead atoms. The Labute approximate surface area is 195 Å². The Morgan fingerprint density at radius 3 is 2.45 bits per heavy atom. The first-order valence-corrected chi connectivity index (χ1v) is 11.4. The third-order valence-corrected chi connectivity index (χ3v) is 5.99. The predicted octanol–water partition coefficient (Wildman–Crippen LogP) is 5.05. The number of rotatable bonds is 8. The number of nitrogens with zero attached hydrogens (tertiary/aromatic N) is 3. The number of hydrogen-bond donors (Lipinski definition) is 1. The number of ether oxygens (including phenoxy) is 1. The molecule has 8 heteroatoms. The van der Waals surface area contributed by atoms with Crippen molar-refractivity contribution in [3.63, 3.8) is 0 Å². The van der Waals surface area contributed by atoms with E-state index in [1.54, 1.807) is 19.2 Å². The Kier molecular flexibility index (Phi) is 7.04. The number of nitrogens with one attached hydrogen (secondary N) is 1. The molecule has 1 amide bonds. The van der Waals surface area contributed by atoms with Crippen LogP contribution in [0.15, 0.2) is 84.0 Å². The van der Waals surface area contributed by atoms with Crippen molar-refractivity contribution >= 4 is 17.7 Å². The van der Waals surface area contributed by atoms with Crippen molar-refractivity contribution in [2.45, 2.75) is 18.1 Å². The van der Waals surface area contributed by atoms with Crippen LogP contribution in [0, 0.1) is 5.82 Å². The number of methoxy groups -OCH3 is 1. The van der Waals surface area contributed by atoms with E-state index in [9.17, 15) is 9.18 Å². The van der Waals surface area contributed by atoms with E-state index in [2.05, 4.69) is 15.5 Å². The zero-order valence-electron chi connectivity index (χ0n) is 18.2. The van der Waals surface area contributed by atoms with Gasteiger partial charge in [0.15, 0.2) is 11.0 Å². The van der Waals surface area contributed by atoms with Crippen LogP contribution in [0.2, 0.25) is 0 Å². The number of thioether (sulfide) groups is 1. The summed E-state index contributed by atoms with van der Waals surface area (Å²) in [5.41, 5.74) is 2.49. The minimum atomic E-state index is -0.327. The van der Waals surface area contributed by atoms with E-state index < -0.39 is 0 Å². The first kappa shape index (κ1) is 22.5. The van der Waals surface area contributed by atoms with Gasteiger partial charge in [-0.05, 0) is 37.3 Å². The van der Waals surface area contributed by atoms with Crippen molar-refractivity contribution < 1.29 is 13.9 Å². The molecular weight excluding hydrogens is 439 g/mol. The zero-order valence-corrected chi connectivity index (χ0v) is 19.1. The van der Waals surface area contributed by atoms with Gasteiger partial charge < -0.3 is 10.1 Å². The molecule has 1 unspecified atom stereocenters. The van der Waals surface area contributed by atoms with Crippen LogP contribution in [0.4, 0.5) is 4.39 Å². The number of benzene rings is 3. The van der Waals surface area contributed by atoms with E-state index in [-0.39, 0.29) is 23.5 Å². The number of aromatic nitrogens is 3. The molecule has 33 heavy (non-hydrogen) atoms. The Morgan fingerprint density at radius 1 is 1.03 bits per heavy atom. The minimum Gasteiger partial charge on any atom is -0.496 e. The smallest absolute Gasteiger partial charge is 0.230 e. The quantitative estimate of drug-likeness (QED) is 0.371. The highest BCUT2D eigenvalue weighted by atomic mass is 32.2. The lowest BCUT2D eigenvalue weighted by molar-refractivity contribution is -0.119. The SMILES string of the molecule is COc1ccccc1C(C)NC(=O)CSc1nnc(-c2ccccc2)n1-c1ccc(F)cc1. The number of amides is 1. The predicted molar refractivity (Wildman–Crippen MR) is 127 cm³/mol. The molecule has 0 aliphatic rings. The zero-order chi connectivity index (χ0) is 23.2. The number of para-hydroxylation sites is 1. The second-order valence-electron chi connectivity index (χ2n) is 7.30. The number of hydrogen-bond acceptors (Lipinski definition) is 5. The van der Waals surface area contributed by atoms with Gasteiger partial charge in [-0.1, -0.05) is 60.3 Å². The van der Waals surface area contributed by atoms with Gasteiger partial charge in [-0.25, -0.2) is 4.39 Å². The second-order valence-corrected chi connectivity index (χ2v) is 8.25. The molecule has 1 heterocycles. The lowest BCUT2D eigenvalue weighted by Gasteiger charge is -2.17. The van der Waals surface area contributed by atoms with Crippen molar-refractivity contribution in [2.75, 3.05) is 12.9 Å². The van der Waals surface area contributed by atoms with Crippen molar-refractivity contribution in [1.82, 2.24) is 20.1 Å². The summed E-state index contributed by atoms with van der Waals surface area (Å²) in [6.45, 7) is 1.91. The maximum Gasteiger partial charge on any atom is 0.230 e. The Bertz CT molecular complexity index is 1230. The fraction of sp³-hybridized carbons (Fsp3) is 0.160. The highest BCUT2D eigenvalue weighted by Crippen LogP contribution is 2.29. The first-order valence-electron chi connectivity index (χ1n) is 10.4. The van der Waals surface area contributed by atoms with Crippen LogP contribution < -0.4 is 10.1 Å². The van der Waals surface area contributed by atoms with Gasteiger partial charge in [0.1, 0.15) is 11.6 Å². The van der Waals surface area contributed by atoms with E-state index in [1.165, 1.54) is 23.9 Å². The molecule has 0 aliphatic carbocycles. The van der Waals surface area contributed by atoms with Gasteiger partial charge >= 0.3 is 0 Å². The maximum atomic E-state index is 13.5. The van der Waals surface area contributed by atoms with Crippen LogP contribution in [-0.2, 0) is 4.79 Å². The molecular formula is C25H23FN4O2S. The van der Waals surface area contributed by atoms with Gasteiger partial charge in [-0.3, -0.25) is 9.36 Å². The number of carbonyl (C=O) groups is 1. The van der Waals surface area contributed by atoms with Gasteiger partial charge in [-0.2, -0.15) is 0 Å². The van der Waals surface area contributed by atoms with Crippen LogP contribution in [0.25, 0.3) is 17.1 Å². The first-order chi connectivity index (χ1) is 16.1. The summed E-state index contributed by atoms with van der Waals surface area (Å²) in [6, 6.07) is 23.1. The van der Waals surface area contributed by atoms with E-state index in [4.69, 9.17) is 4.74 Å². The molecule has 1 aromatic heterocycles. The highest BCUT2D eigenvalue weighted by molar-refractivity contribution is 7.99. The topological polar surface area (TPSA) is 69.0 Å². The van der Waals surface area contributed by atoms with Gasteiger partial charge in [0.25, 0.3) is 0 Å². The third kappa shape index (κ3) is 5.23. The van der Waals surface area contributed by atoms with Crippen molar-refractivity contribution in [3.05, 3.63) is 90.2 Å². The highest BCUT2D eigenvalue weighted by Gasteiger charge is 2.19. The lowest BCUT2D eigenvalue weighted by atomic mass is 10.1. The fourth-order valence-electron chi connectivity index (χ4n) is 3.48. The molecule has 0 aliphatic heterocycles. The van der Waals surface area contributed by atoms with Crippen LogP contribution in [-0.4, -0.2) is 33.5 Å². The Balaban J connectivity index is 1.54. The van der Waals surface area contributed by atoms with Crippen LogP contribution >= 0.6 is 11.8 Å². The van der Waals surface area contributed by atoms with Gasteiger partial charge in [-0.15, -0.1) is 10.2 Å². The second kappa shape index (κ2) is 10.3. The molecule has 6 nitrogen and oxygen atoms in total. The monoisotopic (exact) mass is 462 g/mol. The van der Waals surface area contributed by atoms with Gasteiger partial charge in [0.05, 0.1) is 18.9 Å². The van der Waals surface area contributed by atoms with Gasteiger partial charge in [0.2, 0.25) is 5.91 Å². The molecule has 0 radical (unpaired) electrons. The van der Waals surface area contributed by atoms with Crippen LogP contribution in [0.5, 0.6) is 5.75 Å². The molecule has 4 aromatic rings. The minimum absolute atomic E-state index is 0.145. The summed E-state index contributed by atoms with van der Waals surface area (Å²) >= 11 is 1.27. The van der Waals surface area contributed by atoms with Crippen molar-refractivity contribution in [2.24, 2.45) is 0 Å². The average Bonchev–Trinajstić information content (AvgIpc) is 3.27. The molecule has 0 fully saturated rings. The number of halogens is 1. The summed E-state index contributed by atoms with van der Waals surface area (Å²) in [7, 11) is 1.61. The van der Waals surface area contributed by atoms with Gasteiger partial charge in [0, 0.05) is 16.8 Å². The molecule has 0 saturated carbocycles. The molecule has 0 saturated heterocycles. The summed E-state index contributed by atoms with van der Waals surface area (Å²) in [6.07, 6.45) is 0. The molecule has 3 aromatic carbocycles. The largest absolute Gasteiger partial charge is 0.496 e. The van der Waals surface area contributed by atoms with E-state index in [0.717, 1.165) is 16.9 Å². The van der Waals surface area contributed by atoms with Crippen molar-refractivity contribution in [3.8, 4) is 22.8 Å². The van der Waals surface area contributed by atoms with Crippen molar-refractivity contribution in [1.29, 1.82) is 0 Å². The average molecular weight is 463 g/mol. The molecule has 4 rings (SSSR count). The standard InChI is InChI=1S/C25H23FN4O2S/c1-17(21-10-6-7-11-22(21)32-2)27-23(31)16-33-25-29-28-24(18-8-4-3-5-9-18)30(25)20-14-12-19(26)13-15-20/h3-15,17H,16H2,1-2H3,(H,27,31). The molecule has 1 atom stereocenters. The lowest BCUT2D eigenvalue weighted by Crippen LogP contribution is -2.28. The third-order valence-electron chi connectivity index (χ3n) is 5.07. The summed E-state index contributed by atoms with van der Waals surface area (Å²) < 4.78 is 20.7. The maximum absolute atomic E-state index is 13.5. The molecule has 0 spiro atoms. The summed E-state index contributed by atoms with van der Waals surface area (Å²) in [4.78, 5) is 12.7. The molecule has 168 valence electrons. The Morgan fingerprint density at radius 2 is 1.73 bits per heavy atom. The van der Waals surface area contributed by atoms with E-state index >= 15 is 0 Å². The van der Waals surface area contributed by atoms with Crippen LogP contribution in [0.1, 0.15) is 18.5 Å². The Hall–Kier alpha value is -3.65. The fourth-order valence-corrected chi connectivity index (χ4v) is 4.24. The number of carbonyl (C=O) groups excluding carboxylic acids is 1.